The zero-order chi connectivity index (χ0) is 22.6. The van der Waals surface area contributed by atoms with Crippen LogP contribution in [0.25, 0.3) is 11.3 Å². The molecule has 1 fully saturated rings. The van der Waals surface area contributed by atoms with E-state index in [1.54, 1.807) is 30.5 Å². The second-order valence-electron chi connectivity index (χ2n) is 7.85. The van der Waals surface area contributed by atoms with Crippen LogP contribution in [0.3, 0.4) is 0 Å². The highest BCUT2D eigenvalue weighted by Crippen LogP contribution is 2.30. The molecule has 0 amide bonds. The summed E-state index contributed by atoms with van der Waals surface area (Å²) in [6, 6.07) is 10.5. The lowest BCUT2D eigenvalue weighted by Gasteiger charge is -2.15. The van der Waals surface area contributed by atoms with Gasteiger partial charge in [0.1, 0.15) is 18.7 Å². The average molecular weight is 445 g/mol. The molecule has 5 rings (SSSR count). The van der Waals surface area contributed by atoms with Gasteiger partial charge in [0.05, 0.1) is 23.3 Å². The molecule has 1 aliphatic rings. The van der Waals surface area contributed by atoms with Gasteiger partial charge >= 0.3 is 0 Å². The van der Waals surface area contributed by atoms with Crippen LogP contribution in [-0.2, 0) is 4.74 Å². The van der Waals surface area contributed by atoms with Gasteiger partial charge in [0, 0.05) is 38.1 Å². The monoisotopic (exact) mass is 444 g/mol. The van der Waals surface area contributed by atoms with Crippen LogP contribution >= 0.6 is 0 Å². The summed E-state index contributed by atoms with van der Waals surface area (Å²) >= 11 is 0. The van der Waals surface area contributed by atoms with E-state index in [0.717, 1.165) is 48.6 Å². The molecule has 1 saturated carbocycles. The maximum atomic E-state index is 9.45. The molecule has 168 valence electrons. The lowest BCUT2D eigenvalue weighted by molar-refractivity contribution is 0.198. The van der Waals surface area contributed by atoms with Crippen molar-refractivity contribution in [3.8, 4) is 11.8 Å². The molecule has 0 atom stereocenters. The summed E-state index contributed by atoms with van der Waals surface area (Å²) in [5, 5.41) is 32.2. The van der Waals surface area contributed by atoms with Gasteiger partial charge in [0.25, 0.3) is 0 Å². The number of nitriles is 1. The Kier molecular flexibility index (Phi) is 5.73. The number of imidazole rings is 1. The van der Waals surface area contributed by atoms with Crippen molar-refractivity contribution in [2.45, 2.75) is 25.3 Å². The van der Waals surface area contributed by atoms with Crippen LogP contribution in [-0.4, -0.2) is 55.7 Å². The SMILES string of the molecule is COCCCNc1ccc(Nc2cc(NC3CC3)c3ncc(C#N)n3n2)cc1-n1cnnc1. The van der Waals surface area contributed by atoms with Crippen molar-refractivity contribution in [2.24, 2.45) is 0 Å². The van der Waals surface area contributed by atoms with Crippen molar-refractivity contribution in [3.05, 3.63) is 48.8 Å². The Bertz CT molecular complexity index is 1290. The Labute approximate surface area is 190 Å². The molecule has 3 heterocycles. The van der Waals surface area contributed by atoms with Crippen molar-refractivity contribution >= 4 is 28.5 Å². The molecule has 1 aliphatic carbocycles. The number of fused-ring (bicyclic) bond motifs is 1. The molecule has 4 aromatic rings. The van der Waals surface area contributed by atoms with Crippen molar-refractivity contribution in [1.29, 1.82) is 5.26 Å². The van der Waals surface area contributed by atoms with Crippen molar-refractivity contribution in [3.63, 3.8) is 0 Å². The quantitative estimate of drug-likeness (QED) is 0.316. The van der Waals surface area contributed by atoms with Crippen molar-refractivity contribution in [1.82, 2.24) is 29.4 Å². The van der Waals surface area contributed by atoms with Crippen LogP contribution in [0.15, 0.2) is 43.1 Å². The first kappa shape index (κ1) is 20.7. The van der Waals surface area contributed by atoms with Crippen molar-refractivity contribution < 1.29 is 4.74 Å². The van der Waals surface area contributed by atoms with Crippen LogP contribution < -0.4 is 16.0 Å². The van der Waals surface area contributed by atoms with Crippen LogP contribution in [0.4, 0.5) is 22.9 Å². The Morgan fingerprint density at radius 1 is 1.18 bits per heavy atom. The Morgan fingerprint density at radius 2 is 2.03 bits per heavy atom. The summed E-state index contributed by atoms with van der Waals surface area (Å²) in [4.78, 5) is 4.37. The predicted octanol–water partition coefficient (Wildman–Crippen LogP) is 2.95. The smallest absolute Gasteiger partial charge is 0.178 e. The van der Waals surface area contributed by atoms with Gasteiger partial charge in [-0.25, -0.2) is 4.98 Å². The standard InChI is InChI=1S/C22H24N10O/c1-33-8-2-7-24-18-6-5-16(9-20(18)31-13-26-27-14-31)29-21-10-19(28-15-3-4-15)22-25-12-17(11-23)32(22)30-21/h5-6,9-10,12-15,24,28H,2-4,7-8H2,1H3,(H,29,30). The van der Waals surface area contributed by atoms with Gasteiger partial charge in [0.2, 0.25) is 0 Å². The van der Waals surface area contributed by atoms with Gasteiger partial charge in [0.15, 0.2) is 17.2 Å². The third-order valence-corrected chi connectivity index (χ3v) is 5.33. The number of methoxy groups -OCH3 is 1. The number of nitrogens with one attached hydrogen (secondary N) is 3. The molecular weight excluding hydrogens is 420 g/mol. The van der Waals surface area contributed by atoms with Gasteiger partial charge in [-0.15, -0.1) is 15.3 Å². The molecule has 3 N–H and O–H groups in total. The van der Waals surface area contributed by atoms with Gasteiger partial charge in [-0.2, -0.15) is 9.78 Å². The summed E-state index contributed by atoms with van der Waals surface area (Å²) < 4.78 is 8.55. The number of hydrogen-bond donors (Lipinski definition) is 3. The molecule has 11 heteroatoms. The third-order valence-electron chi connectivity index (χ3n) is 5.33. The van der Waals surface area contributed by atoms with E-state index in [-0.39, 0.29) is 0 Å². The molecule has 1 aromatic carbocycles. The minimum Gasteiger partial charge on any atom is -0.385 e. The lowest BCUT2D eigenvalue weighted by Crippen LogP contribution is -2.09. The van der Waals surface area contributed by atoms with Crippen LogP contribution in [0.2, 0.25) is 0 Å². The summed E-state index contributed by atoms with van der Waals surface area (Å²) in [5.41, 5.74) is 4.58. The van der Waals surface area contributed by atoms with E-state index in [1.807, 2.05) is 28.8 Å². The number of benzene rings is 1. The largest absolute Gasteiger partial charge is 0.385 e. The van der Waals surface area contributed by atoms with E-state index in [9.17, 15) is 5.26 Å². The van der Waals surface area contributed by atoms with Crippen LogP contribution in [0.5, 0.6) is 0 Å². The first-order chi connectivity index (χ1) is 16.2. The van der Waals surface area contributed by atoms with E-state index in [0.29, 0.717) is 29.8 Å². The summed E-state index contributed by atoms with van der Waals surface area (Å²) in [6.07, 6.45) is 8.01. The summed E-state index contributed by atoms with van der Waals surface area (Å²) in [5.74, 6) is 0.607. The number of anilines is 4. The zero-order valence-electron chi connectivity index (χ0n) is 18.2. The molecule has 0 aliphatic heterocycles. The lowest BCUT2D eigenvalue weighted by atomic mass is 10.2. The molecule has 0 radical (unpaired) electrons. The predicted molar refractivity (Wildman–Crippen MR) is 124 cm³/mol. The maximum absolute atomic E-state index is 9.45. The topological polar surface area (TPSA) is 130 Å². The van der Waals surface area contributed by atoms with Gasteiger partial charge < -0.3 is 20.7 Å². The van der Waals surface area contributed by atoms with Gasteiger partial charge in [-0.05, 0) is 37.5 Å². The Morgan fingerprint density at radius 3 is 2.79 bits per heavy atom. The fourth-order valence-electron chi connectivity index (χ4n) is 3.54. The summed E-state index contributed by atoms with van der Waals surface area (Å²) in [7, 11) is 1.70. The number of aromatic nitrogens is 6. The van der Waals surface area contributed by atoms with E-state index in [2.05, 4.69) is 42.3 Å². The molecule has 0 saturated heterocycles. The normalized spacial score (nSPS) is 13.1. The first-order valence-electron chi connectivity index (χ1n) is 10.8. The number of hydrogen-bond acceptors (Lipinski definition) is 9. The number of nitrogens with zero attached hydrogens (tertiary/aromatic N) is 7. The molecule has 3 aromatic heterocycles. The molecular formula is C22H24N10O. The van der Waals surface area contributed by atoms with Gasteiger partial charge in [-0.1, -0.05) is 0 Å². The minimum atomic E-state index is 0.383. The molecule has 0 bridgehead atoms. The summed E-state index contributed by atoms with van der Waals surface area (Å²) in [6.45, 7) is 1.47. The fourth-order valence-corrected chi connectivity index (χ4v) is 3.54. The average Bonchev–Trinajstić information content (AvgIpc) is 3.31. The minimum absolute atomic E-state index is 0.383. The molecule has 0 spiro atoms. The van der Waals surface area contributed by atoms with E-state index in [4.69, 9.17) is 4.74 Å². The number of ether oxygens (including phenoxy) is 1. The van der Waals surface area contributed by atoms with Gasteiger partial charge in [-0.3, -0.25) is 4.57 Å². The molecule has 11 nitrogen and oxygen atoms in total. The molecule has 33 heavy (non-hydrogen) atoms. The fraction of sp³-hybridized carbons (Fsp3) is 0.318. The van der Waals surface area contributed by atoms with Crippen molar-refractivity contribution in [2.75, 3.05) is 36.2 Å². The van der Waals surface area contributed by atoms with E-state index < -0.39 is 0 Å². The van der Waals surface area contributed by atoms with E-state index in [1.165, 1.54) is 0 Å². The highest BCUT2D eigenvalue weighted by atomic mass is 16.5. The number of rotatable bonds is 10. The second kappa shape index (κ2) is 9.13. The van der Waals surface area contributed by atoms with Crippen LogP contribution in [0.1, 0.15) is 25.0 Å². The molecule has 0 unspecified atom stereocenters. The van der Waals surface area contributed by atoms with Crippen LogP contribution in [0, 0.1) is 11.3 Å². The zero-order valence-corrected chi connectivity index (χ0v) is 18.2. The Balaban J connectivity index is 1.46. The highest BCUT2D eigenvalue weighted by molar-refractivity contribution is 5.75. The maximum Gasteiger partial charge on any atom is 0.178 e. The highest BCUT2D eigenvalue weighted by Gasteiger charge is 2.23. The third kappa shape index (κ3) is 4.56. The Hall–Kier alpha value is -4.17. The first-order valence-corrected chi connectivity index (χ1v) is 10.8. The van der Waals surface area contributed by atoms with E-state index >= 15 is 0 Å². The second-order valence-corrected chi connectivity index (χ2v) is 7.85.